The Labute approximate surface area is 125 Å². The van der Waals surface area contributed by atoms with Gasteiger partial charge in [-0.2, -0.15) is 0 Å². The van der Waals surface area contributed by atoms with Gasteiger partial charge in [-0.25, -0.2) is 0 Å². The molecule has 0 bridgehead atoms. The van der Waals surface area contributed by atoms with Crippen molar-refractivity contribution < 1.29 is 5.11 Å². The molecule has 0 spiro atoms. The van der Waals surface area contributed by atoms with E-state index < -0.39 is 10.9 Å². The Bertz CT molecular complexity index is 618. The van der Waals surface area contributed by atoms with Gasteiger partial charge in [0, 0.05) is 9.79 Å². The maximum absolute atomic E-state index is 9.90. The number of alkyl halides is 2. The highest BCUT2D eigenvalue weighted by atomic mass is 35.5. The molecule has 0 saturated carbocycles. The highest BCUT2D eigenvalue weighted by Gasteiger charge is 2.20. The normalized spacial score (nSPS) is 14.5. The monoisotopic (exact) mass is 311 g/mol. The van der Waals surface area contributed by atoms with E-state index >= 15 is 0 Å². The van der Waals surface area contributed by atoms with Crippen LogP contribution >= 0.6 is 35.0 Å². The second-order valence-electron chi connectivity index (χ2n) is 4.26. The predicted molar refractivity (Wildman–Crippen MR) is 80.7 cm³/mol. The third-order valence-electron chi connectivity index (χ3n) is 2.96. The molecule has 0 fully saturated rings. The van der Waals surface area contributed by atoms with Crippen LogP contribution in [0.2, 0.25) is 0 Å². The molecular formula is C14H11Cl2NOS. The van der Waals surface area contributed by atoms with Crippen molar-refractivity contribution in [2.75, 3.05) is 5.32 Å². The molecule has 98 valence electrons. The van der Waals surface area contributed by atoms with Gasteiger partial charge in [0.05, 0.1) is 11.4 Å². The molecule has 2 nitrogen and oxygen atoms in total. The highest BCUT2D eigenvalue weighted by Crippen LogP contribution is 2.44. The van der Waals surface area contributed by atoms with Crippen LogP contribution in [0.25, 0.3) is 0 Å². The number of benzene rings is 2. The second kappa shape index (κ2) is 5.25. The first kappa shape index (κ1) is 13.1. The van der Waals surface area contributed by atoms with Crippen LogP contribution in [0, 0.1) is 0 Å². The lowest BCUT2D eigenvalue weighted by molar-refractivity contribution is 0.193. The first-order valence-corrected chi connectivity index (χ1v) is 7.48. The zero-order chi connectivity index (χ0) is 13.4. The SMILES string of the molecule is OC(c1ccc2c(c1)Nc1ccccc1S2)C(Cl)Cl. The van der Waals surface area contributed by atoms with Gasteiger partial charge in [-0.15, -0.1) is 23.2 Å². The molecule has 3 rings (SSSR count). The molecule has 19 heavy (non-hydrogen) atoms. The summed E-state index contributed by atoms with van der Waals surface area (Å²) in [5.41, 5.74) is 2.75. The summed E-state index contributed by atoms with van der Waals surface area (Å²) in [6, 6.07) is 13.8. The Morgan fingerprint density at radius 3 is 2.53 bits per heavy atom. The maximum Gasteiger partial charge on any atom is 0.137 e. The van der Waals surface area contributed by atoms with E-state index in [1.54, 1.807) is 11.8 Å². The molecular weight excluding hydrogens is 301 g/mol. The number of fused-ring (bicyclic) bond motifs is 2. The van der Waals surface area contributed by atoms with Gasteiger partial charge in [-0.1, -0.05) is 30.0 Å². The number of aliphatic hydroxyl groups is 1. The number of nitrogens with one attached hydrogen (secondary N) is 1. The van der Waals surface area contributed by atoms with Crippen molar-refractivity contribution in [1.82, 2.24) is 0 Å². The van der Waals surface area contributed by atoms with E-state index in [1.807, 2.05) is 36.4 Å². The molecule has 5 heteroatoms. The lowest BCUT2D eigenvalue weighted by atomic mass is 10.1. The van der Waals surface area contributed by atoms with Gasteiger partial charge < -0.3 is 10.4 Å². The van der Waals surface area contributed by atoms with Gasteiger partial charge >= 0.3 is 0 Å². The summed E-state index contributed by atoms with van der Waals surface area (Å²) in [6.07, 6.45) is -0.877. The molecule has 0 aromatic heterocycles. The summed E-state index contributed by atoms with van der Waals surface area (Å²) < 4.78 is 0. The first-order chi connectivity index (χ1) is 9.15. The van der Waals surface area contributed by atoms with Crippen LogP contribution in [0.1, 0.15) is 11.7 Å². The number of anilines is 2. The Morgan fingerprint density at radius 1 is 1.00 bits per heavy atom. The van der Waals surface area contributed by atoms with Crippen LogP contribution in [-0.2, 0) is 0 Å². The van der Waals surface area contributed by atoms with Gasteiger partial charge in [0.25, 0.3) is 0 Å². The zero-order valence-electron chi connectivity index (χ0n) is 9.81. The van der Waals surface area contributed by atoms with E-state index in [2.05, 4.69) is 11.4 Å². The maximum atomic E-state index is 9.90. The number of halogens is 2. The fraction of sp³-hybridized carbons (Fsp3) is 0.143. The summed E-state index contributed by atoms with van der Waals surface area (Å²) in [5, 5.41) is 13.3. The van der Waals surface area contributed by atoms with Crippen molar-refractivity contribution in [2.45, 2.75) is 20.7 Å². The van der Waals surface area contributed by atoms with E-state index in [-0.39, 0.29) is 0 Å². The number of hydrogen-bond donors (Lipinski definition) is 2. The summed E-state index contributed by atoms with van der Waals surface area (Å²) in [4.78, 5) is 1.48. The molecule has 2 N–H and O–H groups in total. The standard InChI is InChI=1S/C14H11Cl2NOS/c15-14(16)13(18)8-5-6-12-10(7-8)17-9-3-1-2-4-11(9)19-12/h1-7,13-14,17-18H. The largest absolute Gasteiger partial charge is 0.386 e. The van der Waals surface area contributed by atoms with Gasteiger partial charge in [0.15, 0.2) is 0 Å². The molecule has 0 saturated heterocycles. The average Bonchev–Trinajstić information content (AvgIpc) is 2.43. The van der Waals surface area contributed by atoms with Gasteiger partial charge in [-0.05, 0) is 29.8 Å². The Kier molecular flexibility index (Phi) is 3.63. The van der Waals surface area contributed by atoms with E-state index in [4.69, 9.17) is 23.2 Å². The van der Waals surface area contributed by atoms with Crippen molar-refractivity contribution in [3.05, 3.63) is 48.0 Å². The molecule has 1 aliphatic heterocycles. The Hall–Kier alpha value is -0.870. The lowest BCUT2D eigenvalue weighted by Crippen LogP contribution is -2.07. The average molecular weight is 312 g/mol. The summed E-state index contributed by atoms with van der Waals surface area (Å²) in [7, 11) is 0. The van der Waals surface area contributed by atoms with Gasteiger partial charge in [0.2, 0.25) is 0 Å². The smallest absolute Gasteiger partial charge is 0.137 e. The van der Waals surface area contributed by atoms with E-state index in [0.717, 1.165) is 16.3 Å². The predicted octanol–water partition coefficient (Wildman–Crippen LogP) is 4.73. The van der Waals surface area contributed by atoms with E-state index in [9.17, 15) is 5.11 Å². The van der Waals surface area contributed by atoms with E-state index in [1.165, 1.54) is 4.90 Å². The molecule has 2 aromatic rings. The fourth-order valence-electron chi connectivity index (χ4n) is 1.99. The zero-order valence-corrected chi connectivity index (χ0v) is 12.1. The third kappa shape index (κ3) is 2.56. The molecule has 0 radical (unpaired) electrons. The van der Waals surface area contributed by atoms with Crippen molar-refractivity contribution in [3.8, 4) is 0 Å². The molecule has 1 atom stereocenters. The van der Waals surface area contributed by atoms with Crippen molar-refractivity contribution >= 4 is 46.3 Å². The van der Waals surface area contributed by atoms with Crippen molar-refractivity contribution in [2.24, 2.45) is 0 Å². The second-order valence-corrected chi connectivity index (χ2v) is 6.51. The Balaban J connectivity index is 1.96. The third-order valence-corrected chi connectivity index (χ3v) is 4.59. The van der Waals surface area contributed by atoms with Crippen LogP contribution in [0.3, 0.4) is 0 Å². The highest BCUT2D eigenvalue weighted by molar-refractivity contribution is 7.99. The van der Waals surface area contributed by atoms with Gasteiger partial charge in [0.1, 0.15) is 10.9 Å². The van der Waals surface area contributed by atoms with Crippen LogP contribution in [0.15, 0.2) is 52.3 Å². The number of aliphatic hydroxyl groups excluding tert-OH is 1. The minimum absolute atomic E-state index is 0.709. The van der Waals surface area contributed by atoms with E-state index in [0.29, 0.717) is 5.56 Å². The fourth-order valence-corrected chi connectivity index (χ4v) is 3.25. The molecule has 0 aliphatic carbocycles. The molecule has 2 aromatic carbocycles. The van der Waals surface area contributed by atoms with Crippen LogP contribution in [0.5, 0.6) is 0 Å². The number of para-hydroxylation sites is 1. The number of rotatable bonds is 2. The minimum Gasteiger partial charge on any atom is -0.386 e. The number of hydrogen-bond acceptors (Lipinski definition) is 3. The summed E-state index contributed by atoms with van der Waals surface area (Å²) in [5.74, 6) is 0. The Morgan fingerprint density at radius 2 is 1.74 bits per heavy atom. The van der Waals surface area contributed by atoms with Crippen molar-refractivity contribution in [1.29, 1.82) is 0 Å². The van der Waals surface area contributed by atoms with Gasteiger partial charge in [-0.3, -0.25) is 0 Å². The molecule has 1 heterocycles. The minimum atomic E-state index is -0.877. The topological polar surface area (TPSA) is 32.3 Å². The first-order valence-electron chi connectivity index (χ1n) is 5.79. The van der Waals surface area contributed by atoms with Crippen molar-refractivity contribution in [3.63, 3.8) is 0 Å². The summed E-state index contributed by atoms with van der Waals surface area (Å²) in [6.45, 7) is 0. The molecule has 1 aliphatic rings. The summed E-state index contributed by atoms with van der Waals surface area (Å²) >= 11 is 13.1. The van der Waals surface area contributed by atoms with Crippen LogP contribution in [0.4, 0.5) is 11.4 Å². The quantitative estimate of drug-likeness (QED) is 0.671. The van der Waals surface area contributed by atoms with Crippen LogP contribution in [-0.4, -0.2) is 9.94 Å². The molecule has 0 amide bonds. The molecule has 1 unspecified atom stereocenters. The lowest BCUT2D eigenvalue weighted by Gasteiger charge is -2.22. The van der Waals surface area contributed by atoms with Crippen LogP contribution < -0.4 is 5.32 Å².